The molecule has 0 fully saturated rings. The fraction of sp³-hybridized carbons (Fsp3) is 0.444. The Kier molecular flexibility index (Phi) is 4.33. The minimum absolute atomic E-state index is 0.0654. The number of amides is 2. The molecule has 0 atom stereocenters. The molecule has 1 rings (SSSR count). The Hall–Kier alpha value is -1.85. The zero-order chi connectivity index (χ0) is 11.1. The number of Topliss-reactive ketones (excluding diaryl/α,β-unsaturated/α-hetero) is 1. The number of carbonyl (C=O) groups is 2. The minimum Gasteiger partial charge on any atom is -0.348 e. The van der Waals surface area contributed by atoms with Gasteiger partial charge in [-0.3, -0.25) is 4.79 Å². The first kappa shape index (κ1) is 11.2. The van der Waals surface area contributed by atoms with Crippen molar-refractivity contribution in [1.82, 2.24) is 20.6 Å². The van der Waals surface area contributed by atoms with Crippen LogP contribution in [-0.2, 0) is 11.2 Å². The molecule has 0 radical (unpaired) electrons. The summed E-state index contributed by atoms with van der Waals surface area (Å²) in [6.45, 7) is 1.99. The number of aromatic nitrogens is 2. The summed E-state index contributed by atoms with van der Waals surface area (Å²) in [4.78, 5) is 28.4. The summed E-state index contributed by atoms with van der Waals surface area (Å²) >= 11 is 0. The summed E-state index contributed by atoms with van der Waals surface area (Å²) in [6.07, 6.45) is 3.98. The molecule has 0 aliphatic carbocycles. The summed E-state index contributed by atoms with van der Waals surface area (Å²) in [5, 5.41) is 5.06. The number of hydrogen-bond donors (Lipinski definition) is 3. The highest BCUT2D eigenvalue weighted by Gasteiger charge is 2.00. The predicted molar refractivity (Wildman–Crippen MR) is 54.4 cm³/mol. The van der Waals surface area contributed by atoms with E-state index in [-0.39, 0.29) is 18.4 Å². The van der Waals surface area contributed by atoms with Crippen molar-refractivity contribution in [3.05, 3.63) is 18.2 Å². The molecule has 0 saturated heterocycles. The molecule has 15 heavy (non-hydrogen) atoms. The van der Waals surface area contributed by atoms with Crippen molar-refractivity contribution in [2.24, 2.45) is 0 Å². The third-order valence-corrected chi connectivity index (χ3v) is 1.73. The van der Waals surface area contributed by atoms with E-state index in [0.29, 0.717) is 13.0 Å². The van der Waals surface area contributed by atoms with Gasteiger partial charge in [-0.2, -0.15) is 0 Å². The van der Waals surface area contributed by atoms with Gasteiger partial charge in [-0.05, 0) is 6.92 Å². The smallest absolute Gasteiger partial charge is 0.315 e. The maximum atomic E-state index is 11.1. The number of rotatable bonds is 5. The molecule has 0 unspecified atom stereocenters. The number of H-pyrrole nitrogens is 1. The third-order valence-electron chi connectivity index (χ3n) is 1.73. The van der Waals surface area contributed by atoms with E-state index in [2.05, 4.69) is 20.6 Å². The van der Waals surface area contributed by atoms with E-state index in [4.69, 9.17) is 0 Å². The first-order chi connectivity index (χ1) is 7.18. The zero-order valence-electron chi connectivity index (χ0n) is 8.54. The Morgan fingerprint density at radius 3 is 2.87 bits per heavy atom. The van der Waals surface area contributed by atoms with E-state index in [0.717, 1.165) is 5.69 Å². The fourth-order valence-corrected chi connectivity index (χ4v) is 0.999. The maximum Gasteiger partial charge on any atom is 0.315 e. The second kappa shape index (κ2) is 5.79. The Morgan fingerprint density at radius 1 is 1.47 bits per heavy atom. The Bertz CT molecular complexity index is 321. The van der Waals surface area contributed by atoms with E-state index >= 15 is 0 Å². The van der Waals surface area contributed by atoms with Gasteiger partial charge < -0.3 is 15.6 Å². The van der Waals surface area contributed by atoms with Gasteiger partial charge in [-0.15, -0.1) is 0 Å². The average Bonchev–Trinajstić information content (AvgIpc) is 2.67. The van der Waals surface area contributed by atoms with Gasteiger partial charge in [0.05, 0.1) is 12.9 Å². The second-order valence-electron chi connectivity index (χ2n) is 3.14. The normalized spacial score (nSPS) is 9.67. The molecule has 6 heteroatoms. The van der Waals surface area contributed by atoms with Crippen LogP contribution in [-0.4, -0.2) is 34.9 Å². The van der Waals surface area contributed by atoms with Gasteiger partial charge in [0.25, 0.3) is 0 Å². The monoisotopic (exact) mass is 210 g/mol. The van der Waals surface area contributed by atoms with Crippen LogP contribution in [0.5, 0.6) is 0 Å². The SMILES string of the molecule is CC(=O)CNC(=O)NCCc1cnc[nH]1. The fourth-order valence-electron chi connectivity index (χ4n) is 0.999. The lowest BCUT2D eigenvalue weighted by Gasteiger charge is -2.04. The Balaban J connectivity index is 2.09. The van der Waals surface area contributed by atoms with E-state index in [9.17, 15) is 9.59 Å². The Labute approximate surface area is 87.5 Å². The minimum atomic E-state index is -0.329. The summed E-state index contributed by atoms with van der Waals surface area (Å²) in [5.41, 5.74) is 0.960. The summed E-state index contributed by atoms with van der Waals surface area (Å²) in [7, 11) is 0. The number of ketones is 1. The molecule has 1 aromatic heterocycles. The van der Waals surface area contributed by atoms with Gasteiger partial charge in [-0.1, -0.05) is 0 Å². The highest BCUT2D eigenvalue weighted by molar-refractivity contribution is 5.83. The van der Waals surface area contributed by atoms with Crippen LogP contribution in [0.15, 0.2) is 12.5 Å². The number of nitrogens with one attached hydrogen (secondary N) is 3. The molecule has 2 amide bonds. The molecular formula is C9H14N4O2. The van der Waals surface area contributed by atoms with Gasteiger partial charge in [-0.25, -0.2) is 9.78 Å². The molecule has 3 N–H and O–H groups in total. The molecule has 0 aromatic carbocycles. The van der Waals surface area contributed by atoms with Gasteiger partial charge >= 0.3 is 6.03 Å². The van der Waals surface area contributed by atoms with Crippen molar-refractivity contribution in [2.45, 2.75) is 13.3 Å². The van der Waals surface area contributed by atoms with Gasteiger partial charge in [0.2, 0.25) is 0 Å². The lowest BCUT2D eigenvalue weighted by atomic mass is 10.3. The number of nitrogens with zero attached hydrogens (tertiary/aromatic N) is 1. The van der Waals surface area contributed by atoms with Crippen molar-refractivity contribution in [3.63, 3.8) is 0 Å². The third kappa shape index (κ3) is 4.80. The van der Waals surface area contributed by atoms with E-state index in [1.807, 2.05) is 0 Å². The van der Waals surface area contributed by atoms with Crippen LogP contribution >= 0.6 is 0 Å². The first-order valence-electron chi connectivity index (χ1n) is 4.67. The summed E-state index contributed by atoms with van der Waals surface area (Å²) in [6, 6.07) is -0.329. The van der Waals surface area contributed by atoms with Gasteiger partial charge in [0.15, 0.2) is 0 Å². The van der Waals surface area contributed by atoms with Crippen LogP contribution in [0.25, 0.3) is 0 Å². The number of imidazole rings is 1. The molecule has 6 nitrogen and oxygen atoms in total. The number of urea groups is 1. The molecule has 82 valence electrons. The van der Waals surface area contributed by atoms with Crippen LogP contribution in [0.4, 0.5) is 4.79 Å². The van der Waals surface area contributed by atoms with Crippen LogP contribution in [0, 0.1) is 0 Å². The molecular weight excluding hydrogens is 196 g/mol. The molecule has 0 saturated carbocycles. The summed E-state index contributed by atoms with van der Waals surface area (Å²) < 4.78 is 0. The van der Waals surface area contributed by atoms with E-state index in [1.165, 1.54) is 6.92 Å². The van der Waals surface area contributed by atoms with Crippen molar-refractivity contribution in [2.75, 3.05) is 13.1 Å². The van der Waals surface area contributed by atoms with Crippen molar-refractivity contribution < 1.29 is 9.59 Å². The van der Waals surface area contributed by atoms with Gasteiger partial charge in [0, 0.05) is 24.9 Å². The summed E-state index contributed by atoms with van der Waals surface area (Å²) in [5.74, 6) is -0.0706. The quantitative estimate of drug-likeness (QED) is 0.631. The molecule has 0 spiro atoms. The maximum absolute atomic E-state index is 11.1. The molecule has 0 aliphatic rings. The van der Waals surface area contributed by atoms with Crippen LogP contribution in [0.2, 0.25) is 0 Å². The lowest BCUT2D eigenvalue weighted by Crippen LogP contribution is -2.38. The average molecular weight is 210 g/mol. The highest BCUT2D eigenvalue weighted by Crippen LogP contribution is 1.89. The first-order valence-corrected chi connectivity index (χ1v) is 4.67. The van der Waals surface area contributed by atoms with Crippen LogP contribution < -0.4 is 10.6 Å². The van der Waals surface area contributed by atoms with Gasteiger partial charge in [0.1, 0.15) is 5.78 Å². The molecule has 1 aromatic rings. The van der Waals surface area contributed by atoms with Crippen LogP contribution in [0.1, 0.15) is 12.6 Å². The molecule has 0 bridgehead atoms. The molecule has 0 aliphatic heterocycles. The standard InChI is InChI=1S/C9H14N4O2/c1-7(14)4-12-9(15)11-3-2-8-5-10-6-13-8/h5-6H,2-4H2,1H3,(H,10,13)(H2,11,12,15). The van der Waals surface area contributed by atoms with E-state index in [1.54, 1.807) is 12.5 Å². The zero-order valence-corrected chi connectivity index (χ0v) is 8.54. The van der Waals surface area contributed by atoms with Crippen LogP contribution in [0.3, 0.4) is 0 Å². The lowest BCUT2D eigenvalue weighted by molar-refractivity contribution is -0.116. The van der Waals surface area contributed by atoms with Crippen molar-refractivity contribution >= 4 is 11.8 Å². The largest absolute Gasteiger partial charge is 0.348 e. The highest BCUT2D eigenvalue weighted by atomic mass is 16.2. The topological polar surface area (TPSA) is 86.9 Å². The number of hydrogen-bond acceptors (Lipinski definition) is 3. The number of aromatic amines is 1. The van der Waals surface area contributed by atoms with Crippen molar-refractivity contribution in [1.29, 1.82) is 0 Å². The second-order valence-corrected chi connectivity index (χ2v) is 3.14. The molecule has 1 heterocycles. The van der Waals surface area contributed by atoms with Crippen molar-refractivity contribution in [3.8, 4) is 0 Å². The predicted octanol–water partition coefficient (Wildman–Crippen LogP) is -0.160. The van der Waals surface area contributed by atoms with E-state index < -0.39 is 0 Å². The number of carbonyl (C=O) groups excluding carboxylic acids is 2. The Morgan fingerprint density at radius 2 is 2.27 bits per heavy atom.